The number of methoxy groups -OCH3 is 1. The van der Waals surface area contributed by atoms with E-state index in [9.17, 15) is 0 Å². The van der Waals surface area contributed by atoms with E-state index in [2.05, 4.69) is 225 Å². The van der Waals surface area contributed by atoms with Crippen molar-refractivity contribution in [1.82, 2.24) is 0 Å². The van der Waals surface area contributed by atoms with E-state index in [0.717, 1.165) is 12.2 Å². The fraction of sp³-hybridized carbons (Fsp3) is 0.125. The van der Waals surface area contributed by atoms with Crippen molar-refractivity contribution in [2.45, 2.75) is 29.8 Å². The zero-order chi connectivity index (χ0) is 41.2. The summed E-state index contributed by atoms with van der Waals surface area (Å²) in [5.74, 6) is 2.18. The molecule has 0 fully saturated rings. The molecule has 8 aromatic rings. The van der Waals surface area contributed by atoms with Gasteiger partial charge < -0.3 is 10.8 Å². The zero-order valence-corrected chi connectivity index (χ0v) is 39.1. The Bertz CT molecular complexity index is 2090. The molecule has 3 unspecified atom stereocenters. The van der Waals surface area contributed by atoms with Gasteiger partial charge in [-0.1, -0.05) is 200 Å². The summed E-state index contributed by atoms with van der Waals surface area (Å²) in [6.07, 6.45) is 6.57. The summed E-state index contributed by atoms with van der Waals surface area (Å²) >= 11 is 1.96. The Morgan fingerprint density at radius 1 is 0.508 bits per heavy atom. The summed E-state index contributed by atoms with van der Waals surface area (Å²) in [6.45, 7) is 2.22. The number of benzene rings is 7. The van der Waals surface area contributed by atoms with Gasteiger partial charge in [0.05, 0.1) is 0 Å². The first-order chi connectivity index (χ1) is 29.6. The number of ether oxygens (including phenoxy) is 1. The molecule has 0 spiro atoms. The van der Waals surface area contributed by atoms with Gasteiger partial charge in [-0.15, -0.1) is 11.8 Å². The van der Waals surface area contributed by atoms with Crippen LogP contribution < -0.4 is 31.8 Å². The molecule has 5 heteroatoms. The topological polar surface area (TPSA) is 9.23 Å². The van der Waals surface area contributed by atoms with Crippen molar-refractivity contribution in [2.75, 3.05) is 12.9 Å². The second-order valence-electron chi connectivity index (χ2n) is 14.7. The molecule has 0 saturated heterocycles. The molecule has 10 rings (SSSR count). The third kappa shape index (κ3) is 12.5. The van der Waals surface area contributed by atoms with Crippen molar-refractivity contribution in [3.63, 3.8) is 0 Å². The standard InChI is InChI=1S/2C18H15P.C15H17OS.C5H5.Ru/c2*1-4-10-16(11-5-1)19(17-12-6-2-7-13-17)18-14-8-3-9-15-18;1-15(16-2)9-5-7-11-12-6-3-4-8-14(12)17-10-13(11)15;1-2-4-5-3-1;/h2*1-15H;3-4,6-8,11,13H,9-10H2,1-2H3;1-5H;/q;;2*-1;+2. The van der Waals surface area contributed by atoms with Crippen LogP contribution in [0.5, 0.6) is 0 Å². The second kappa shape index (κ2) is 24.2. The number of thioether (sulfide) groups is 1. The largest absolute Gasteiger partial charge is 2.00 e. The molecule has 0 amide bonds. The van der Waals surface area contributed by atoms with Crippen LogP contribution in [0.2, 0.25) is 0 Å². The predicted octanol–water partition coefficient (Wildman–Crippen LogP) is 12.0. The second-order valence-corrected chi connectivity index (χ2v) is 20.2. The van der Waals surface area contributed by atoms with Crippen molar-refractivity contribution in [2.24, 2.45) is 5.92 Å². The Kier molecular flexibility index (Phi) is 18.2. The monoisotopic (exact) mass is 936 g/mol. The van der Waals surface area contributed by atoms with E-state index < -0.39 is 15.8 Å². The fourth-order valence-corrected chi connectivity index (χ4v) is 13.6. The molecular formula is C56H52OP2RuS. The molecule has 2 aliphatic rings. The van der Waals surface area contributed by atoms with Crippen molar-refractivity contribution < 1.29 is 24.2 Å². The molecule has 1 heterocycles. The summed E-state index contributed by atoms with van der Waals surface area (Å²) in [4.78, 5) is 1.42. The number of rotatable bonds is 7. The Hall–Kier alpha value is -4.58. The van der Waals surface area contributed by atoms with Gasteiger partial charge in [0, 0.05) is 29.3 Å². The Morgan fingerprint density at radius 2 is 0.852 bits per heavy atom. The minimum absolute atomic E-state index is 0. The van der Waals surface area contributed by atoms with E-state index >= 15 is 0 Å². The fourth-order valence-electron chi connectivity index (χ4n) is 7.57. The number of fused-ring (bicyclic) bond motifs is 3. The van der Waals surface area contributed by atoms with Gasteiger partial charge in [0.25, 0.3) is 0 Å². The Labute approximate surface area is 384 Å². The molecule has 0 radical (unpaired) electrons. The van der Waals surface area contributed by atoms with Crippen LogP contribution in [0.4, 0.5) is 0 Å². The van der Waals surface area contributed by atoms with Gasteiger partial charge >= 0.3 is 19.5 Å². The van der Waals surface area contributed by atoms with E-state index in [1.165, 1.54) is 42.3 Å². The maximum Gasteiger partial charge on any atom is 2.00 e. The van der Waals surface area contributed by atoms with Crippen LogP contribution in [-0.4, -0.2) is 18.5 Å². The number of allylic oxidation sites excluding steroid dienone is 1. The molecule has 1 aliphatic heterocycles. The molecule has 0 N–H and O–H groups in total. The first-order valence-electron chi connectivity index (χ1n) is 20.6. The Morgan fingerprint density at radius 3 is 1.18 bits per heavy atom. The van der Waals surface area contributed by atoms with Gasteiger partial charge in [-0.2, -0.15) is 24.6 Å². The predicted molar refractivity (Wildman–Crippen MR) is 264 cm³/mol. The van der Waals surface area contributed by atoms with Crippen LogP contribution in [0.3, 0.4) is 0 Å². The van der Waals surface area contributed by atoms with E-state index in [4.69, 9.17) is 4.74 Å². The van der Waals surface area contributed by atoms with Gasteiger partial charge in [0.15, 0.2) is 0 Å². The average Bonchev–Trinajstić information content (AvgIpc) is 3.93. The third-order valence-corrected chi connectivity index (χ3v) is 16.9. The van der Waals surface area contributed by atoms with Gasteiger partial charge in [-0.05, 0) is 72.1 Å². The van der Waals surface area contributed by atoms with Crippen LogP contribution in [0, 0.1) is 12.0 Å². The molecule has 306 valence electrons. The van der Waals surface area contributed by atoms with Gasteiger partial charge in [0.2, 0.25) is 0 Å². The normalized spacial score (nSPS) is 17.0. The zero-order valence-electron chi connectivity index (χ0n) is 34.7. The minimum atomic E-state index is -0.446. The molecule has 3 atom stereocenters. The average molecular weight is 936 g/mol. The van der Waals surface area contributed by atoms with Gasteiger partial charge in [-0.25, -0.2) is 12.1 Å². The molecular weight excluding hydrogens is 884 g/mol. The smallest absolute Gasteiger partial charge is 0.497 e. The van der Waals surface area contributed by atoms with E-state index in [1.807, 2.05) is 49.2 Å². The van der Waals surface area contributed by atoms with Crippen LogP contribution in [0.15, 0.2) is 248 Å². The first-order valence-corrected chi connectivity index (χ1v) is 24.2. The molecule has 0 bridgehead atoms. The first kappa shape index (κ1) is 45.9. The summed E-state index contributed by atoms with van der Waals surface area (Å²) in [5, 5.41) is 8.39. The third-order valence-electron chi connectivity index (χ3n) is 10.8. The molecule has 0 saturated carbocycles. The molecule has 0 aromatic heterocycles. The Balaban J connectivity index is 0.000000143. The van der Waals surface area contributed by atoms with Crippen molar-refractivity contribution >= 4 is 59.4 Å². The molecule has 61 heavy (non-hydrogen) atoms. The van der Waals surface area contributed by atoms with Gasteiger partial charge in [0.1, 0.15) is 0 Å². The van der Waals surface area contributed by atoms with Crippen LogP contribution in [0.25, 0.3) is 0 Å². The maximum absolute atomic E-state index is 5.77. The molecule has 1 nitrogen and oxygen atoms in total. The van der Waals surface area contributed by atoms with Crippen LogP contribution in [-0.2, 0) is 24.2 Å². The summed E-state index contributed by atoms with van der Waals surface area (Å²) in [6, 6.07) is 83.4. The maximum atomic E-state index is 5.77. The van der Waals surface area contributed by atoms with Crippen molar-refractivity contribution in [1.29, 1.82) is 0 Å². The van der Waals surface area contributed by atoms with E-state index in [0.29, 0.717) is 11.8 Å². The SMILES string of the molecule is COC1(C)C[C-]=CC2c3ccccc3SCC21.[Ru+2].c1cc[cH-]c1.c1ccc(P(c2ccccc2)c2ccccc2)cc1.c1ccc(P(c2ccccc2)c2ccccc2)cc1. The quantitative estimate of drug-likeness (QED) is 0.0895. The molecule has 1 aliphatic carbocycles. The van der Waals surface area contributed by atoms with E-state index in [-0.39, 0.29) is 25.1 Å². The number of hydrogen-bond acceptors (Lipinski definition) is 2. The number of hydrogen-bond donors (Lipinski definition) is 0. The van der Waals surface area contributed by atoms with Crippen molar-refractivity contribution in [3.05, 3.63) is 254 Å². The van der Waals surface area contributed by atoms with Gasteiger partial charge in [-0.3, -0.25) is 6.08 Å². The summed E-state index contributed by atoms with van der Waals surface area (Å²) < 4.78 is 5.77. The van der Waals surface area contributed by atoms with Crippen molar-refractivity contribution in [3.8, 4) is 0 Å². The summed E-state index contributed by atoms with van der Waals surface area (Å²) in [7, 11) is 0.937. The summed E-state index contributed by atoms with van der Waals surface area (Å²) in [5.41, 5.74) is 1.39. The van der Waals surface area contributed by atoms with E-state index in [1.54, 1.807) is 0 Å². The minimum Gasteiger partial charge on any atom is -0.497 e. The van der Waals surface area contributed by atoms with Crippen LogP contribution in [0.1, 0.15) is 24.8 Å². The molecule has 8 aromatic carbocycles. The van der Waals surface area contributed by atoms with Crippen LogP contribution >= 0.6 is 27.6 Å².